The zero-order valence-electron chi connectivity index (χ0n) is 21.4. The molecule has 0 unspecified atom stereocenters. The highest BCUT2D eigenvalue weighted by Crippen LogP contribution is 2.27. The first-order valence-corrected chi connectivity index (χ1v) is 13.8. The van der Waals surface area contributed by atoms with Crippen molar-refractivity contribution in [2.45, 2.75) is 51.2 Å². The third kappa shape index (κ3) is 7.11. The number of aryl methyl sites for hydroxylation is 1. The highest BCUT2D eigenvalue weighted by atomic mass is 35.5. The molecule has 0 saturated carbocycles. The molecule has 0 spiro atoms. The molecule has 0 radical (unpaired) electrons. The van der Waals surface area contributed by atoms with Crippen LogP contribution in [0.3, 0.4) is 0 Å². The lowest BCUT2D eigenvalue weighted by Gasteiger charge is -2.32. The number of anilines is 1. The van der Waals surface area contributed by atoms with Crippen LogP contribution in [0.1, 0.15) is 31.9 Å². The van der Waals surface area contributed by atoms with Crippen LogP contribution in [-0.4, -0.2) is 43.8 Å². The predicted molar refractivity (Wildman–Crippen MR) is 147 cm³/mol. The molecule has 0 aliphatic rings. The third-order valence-corrected chi connectivity index (χ3v) is 7.84. The van der Waals surface area contributed by atoms with Gasteiger partial charge in [0.2, 0.25) is 11.8 Å². The van der Waals surface area contributed by atoms with E-state index in [1.54, 1.807) is 80.6 Å². The first kappa shape index (κ1) is 28.2. The topological polar surface area (TPSA) is 86.8 Å². The number of benzene rings is 3. The minimum Gasteiger partial charge on any atom is -0.352 e. The summed E-state index contributed by atoms with van der Waals surface area (Å²) < 4.78 is 28.6. The number of amides is 2. The fourth-order valence-corrected chi connectivity index (χ4v) is 5.61. The molecule has 1 N–H and O–H groups in total. The predicted octanol–water partition coefficient (Wildman–Crippen LogP) is 4.79. The quantitative estimate of drug-likeness (QED) is 0.400. The van der Waals surface area contributed by atoms with Crippen molar-refractivity contribution in [3.05, 3.63) is 95.0 Å². The van der Waals surface area contributed by atoms with Gasteiger partial charge in [-0.25, -0.2) is 8.42 Å². The Kier molecular flexibility index (Phi) is 9.34. The Morgan fingerprint density at radius 1 is 0.919 bits per heavy atom. The van der Waals surface area contributed by atoms with Crippen molar-refractivity contribution < 1.29 is 18.0 Å². The number of nitrogens with zero attached hydrogens (tertiary/aromatic N) is 2. The zero-order valence-corrected chi connectivity index (χ0v) is 23.0. The molecule has 0 aliphatic carbocycles. The van der Waals surface area contributed by atoms with Crippen LogP contribution in [0.25, 0.3) is 0 Å². The van der Waals surface area contributed by atoms with Crippen molar-refractivity contribution in [3.8, 4) is 0 Å². The molecule has 0 saturated heterocycles. The maximum atomic E-state index is 13.8. The number of hydrogen-bond acceptors (Lipinski definition) is 4. The molecule has 0 bridgehead atoms. The lowest BCUT2D eigenvalue weighted by molar-refractivity contribution is -0.139. The van der Waals surface area contributed by atoms with E-state index >= 15 is 0 Å². The van der Waals surface area contributed by atoms with E-state index in [1.807, 2.05) is 13.8 Å². The van der Waals surface area contributed by atoms with Crippen LogP contribution in [0.15, 0.2) is 83.8 Å². The minimum absolute atomic E-state index is 0.0676. The number of hydrogen-bond donors (Lipinski definition) is 1. The number of carbonyl (C=O) groups is 2. The maximum Gasteiger partial charge on any atom is 0.264 e. The van der Waals surface area contributed by atoms with E-state index in [1.165, 1.54) is 17.0 Å². The molecular weight excluding hydrogens is 510 g/mol. The largest absolute Gasteiger partial charge is 0.352 e. The summed E-state index contributed by atoms with van der Waals surface area (Å²) in [6, 6.07) is 21.0. The summed E-state index contributed by atoms with van der Waals surface area (Å²) in [4.78, 5) is 28.2. The normalized spacial score (nSPS) is 12.2. The third-order valence-electron chi connectivity index (χ3n) is 5.83. The summed E-state index contributed by atoms with van der Waals surface area (Å²) in [6.45, 7) is 6.68. The molecule has 0 aromatic heterocycles. The van der Waals surface area contributed by atoms with Gasteiger partial charge < -0.3 is 10.2 Å². The summed E-state index contributed by atoms with van der Waals surface area (Å²) in [5.74, 6) is -0.854. The van der Waals surface area contributed by atoms with Crippen LogP contribution >= 0.6 is 11.6 Å². The molecule has 2 amide bonds. The van der Waals surface area contributed by atoms with Gasteiger partial charge in [0.25, 0.3) is 10.0 Å². The molecule has 196 valence electrons. The molecule has 0 heterocycles. The Balaban J connectivity index is 2.03. The monoisotopic (exact) mass is 541 g/mol. The van der Waals surface area contributed by atoms with Crippen molar-refractivity contribution in [2.75, 3.05) is 10.8 Å². The van der Waals surface area contributed by atoms with Gasteiger partial charge in [0.15, 0.2) is 0 Å². The summed E-state index contributed by atoms with van der Waals surface area (Å²) in [6.07, 6.45) is 0. The summed E-state index contributed by atoms with van der Waals surface area (Å²) in [5.41, 5.74) is 1.81. The van der Waals surface area contributed by atoms with E-state index in [4.69, 9.17) is 11.6 Å². The Bertz CT molecular complexity index is 1350. The molecular formula is C28H32ClN3O4S. The molecule has 7 nitrogen and oxygen atoms in total. The second-order valence-electron chi connectivity index (χ2n) is 9.10. The highest BCUT2D eigenvalue weighted by Gasteiger charge is 2.33. The first-order chi connectivity index (χ1) is 17.5. The average molecular weight is 542 g/mol. The molecule has 0 fully saturated rings. The van der Waals surface area contributed by atoms with Crippen LogP contribution in [0.4, 0.5) is 5.69 Å². The summed E-state index contributed by atoms with van der Waals surface area (Å²) in [7, 11) is -4.09. The van der Waals surface area contributed by atoms with E-state index in [0.29, 0.717) is 16.3 Å². The SMILES string of the molecule is Cc1ccccc1N(CC(=O)N(Cc1cccc(Cl)c1)[C@H](C)C(=O)NC(C)C)S(=O)(=O)c1ccccc1. The van der Waals surface area contributed by atoms with E-state index in [-0.39, 0.29) is 23.4 Å². The van der Waals surface area contributed by atoms with E-state index in [0.717, 1.165) is 9.87 Å². The Labute approximate surface area is 224 Å². The first-order valence-electron chi connectivity index (χ1n) is 12.0. The van der Waals surface area contributed by atoms with Gasteiger partial charge in [-0.2, -0.15) is 0 Å². The van der Waals surface area contributed by atoms with Gasteiger partial charge in [-0.1, -0.05) is 60.1 Å². The second kappa shape index (κ2) is 12.3. The van der Waals surface area contributed by atoms with Crippen LogP contribution in [-0.2, 0) is 26.2 Å². The smallest absolute Gasteiger partial charge is 0.264 e. The number of rotatable bonds is 10. The zero-order chi connectivity index (χ0) is 27.2. The molecule has 3 aromatic carbocycles. The van der Waals surface area contributed by atoms with Gasteiger partial charge in [-0.05, 0) is 69.2 Å². The molecule has 3 aromatic rings. The molecule has 3 rings (SSSR count). The Morgan fingerprint density at radius 2 is 1.57 bits per heavy atom. The standard InChI is InChI=1S/C28H32ClN3O4S/c1-20(2)30-28(34)22(4)31(18-23-12-10-13-24(29)17-23)27(33)19-32(26-16-9-8-11-21(26)3)37(35,36)25-14-6-5-7-15-25/h5-17,20,22H,18-19H2,1-4H3,(H,30,34)/t22-/m1/s1. The molecule has 0 aliphatic heterocycles. The average Bonchev–Trinajstić information content (AvgIpc) is 2.86. The van der Waals surface area contributed by atoms with Crippen molar-refractivity contribution in [2.24, 2.45) is 0 Å². The van der Waals surface area contributed by atoms with Crippen LogP contribution in [0.5, 0.6) is 0 Å². The van der Waals surface area contributed by atoms with Gasteiger partial charge in [0.1, 0.15) is 12.6 Å². The number of carbonyl (C=O) groups excluding carboxylic acids is 2. The second-order valence-corrected chi connectivity index (χ2v) is 11.4. The number of nitrogens with one attached hydrogen (secondary N) is 1. The molecule has 37 heavy (non-hydrogen) atoms. The maximum absolute atomic E-state index is 13.8. The van der Waals surface area contributed by atoms with Crippen molar-refractivity contribution in [1.82, 2.24) is 10.2 Å². The molecule has 9 heteroatoms. The van der Waals surface area contributed by atoms with E-state index in [2.05, 4.69) is 5.32 Å². The van der Waals surface area contributed by atoms with E-state index in [9.17, 15) is 18.0 Å². The van der Waals surface area contributed by atoms with Crippen molar-refractivity contribution in [1.29, 1.82) is 0 Å². The van der Waals surface area contributed by atoms with Crippen LogP contribution in [0.2, 0.25) is 5.02 Å². The van der Waals surface area contributed by atoms with Crippen molar-refractivity contribution >= 4 is 39.1 Å². The van der Waals surface area contributed by atoms with E-state index < -0.39 is 28.5 Å². The van der Waals surface area contributed by atoms with Crippen LogP contribution in [0, 0.1) is 6.92 Å². The number of sulfonamides is 1. The fourth-order valence-electron chi connectivity index (χ4n) is 3.90. The van der Waals surface area contributed by atoms with Gasteiger partial charge in [0.05, 0.1) is 10.6 Å². The fraction of sp³-hybridized carbons (Fsp3) is 0.286. The summed E-state index contributed by atoms with van der Waals surface area (Å²) in [5, 5.41) is 3.33. The Hall–Kier alpha value is -3.36. The van der Waals surface area contributed by atoms with Gasteiger partial charge in [-0.3, -0.25) is 13.9 Å². The van der Waals surface area contributed by atoms with Crippen molar-refractivity contribution in [3.63, 3.8) is 0 Å². The van der Waals surface area contributed by atoms with Gasteiger partial charge in [-0.15, -0.1) is 0 Å². The van der Waals surface area contributed by atoms with Crippen LogP contribution < -0.4 is 9.62 Å². The lowest BCUT2D eigenvalue weighted by atomic mass is 10.1. The number of halogens is 1. The number of para-hydroxylation sites is 1. The van der Waals surface area contributed by atoms with Gasteiger partial charge in [0, 0.05) is 17.6 Å². The highest BCUT2D eigenvalue weighted by molar-refractivity contribution is 7.92. The summed E-state index contributed by atoms with van der Waals surface area (Å²) >= 11 is 6.16. The minimum atomic E-state index is -4.09. The lowest BCUT2D eigenvalue weighted by Crippen LogP contribution is -2.52. The Morgan fingerprint density at radius 3 is 2.19 bits per heavy atom. The molecule has 1 atom stereocenters. The van der Waals surface area contributed by atoms with Gasteiger partial charge >= 0.3 is 0 Å².